The number of rotatable bonds is 7. The minimum atomic E-state index is -0.324. The minimum Gasteiger partial charge on any atom is -0.380 e. The van der Waals surface area contributed by atoms with Crippen molar-refractivity contribution >= 4 is 29.9 Å². The quantitative estimate of drug-likeness (QED) is 0.779. The highest BCUT2D eigenvalue weighted by Gasteiger charge is 2.18. The highest BCUT2D eigenvalue weighted by molar-refractivity contribution is 5.95. The highest BCUT2D eigenvalue weighted by atomic mass is 35.5. The summed E-state index contributed by atoms with van der Waals surface area (Å²) in [5.41, 5.74) is 9.47. The van der Waals surface area contributed by atoms with Crippen LogP contribution in [-0.2, 0) is 14.3 Å². The van der Waals surface area contributed by atoms with Crippen molar-refractivity contribution in [2.24, 2.45) is 5.73 Å². The van der Waals surface area contributed by atoms with Crippen LogP contribution >= 0.6 is 12.4 Å². The number of carbonyl (C=O) groups is 2. The molecular weight excluding hydrogens is 330 g/mol. The van der Waals surface area contributed by atoms with Gasteiger partial charge >= 0.3 is 0 Å². The second-order valence-electron chi connectivity index (χ2n) is 5.87. The van der Waals surface area contributed by atoms with Gasteiger partial charge in [0.1, 0.15) is 0 Å². The fourth-order valence-corrected chi connectivity index (χ4v) is 2.47. The van der Waals surface area contributed by atoms with Crippen molar-refractivity contribution in [1.82, 2.24) is 4.90 Å². The van der Waals surface area contributed by atoms with E-state index in [0.29, 0.717) is 0 Å². The van der Waals surface area contributed by atoms with Crippen molar-refractivity contribution in [2.45, 2.75) is 33.3 Å². The Morgan fingerprint density at radius 2 is 1.79 bits per heavy atom. The van der Waals surface area contributed by atoms with Crippen LogP contribution in [0.4, 0.5) is 5.69 Å². The van der Waals surface area contributed by atoms with Gasteiger partial charge in [0.25, 0.3) is 0 Å². The van der Waals surface area contributed by atoms with Crippen molar-refractivity contribution < 1.29 is 14.3 Å². The average Bonchev–Trinajstić information content (AvgIpc) is 2.48. The Balaban J connectivity index is 0.00000529. The first-order valence-corrected chi connectivity index (χ1v) is 7.63. The number of nitrogens with two attached hydrogens (primary N) is 1. The number of methoxy groups -OCH3 is 1. The largest absolute Gasteiger partial charge is 0.380 e. The number of anilines is 1. The van der Waals surface area contributed by atoms with Gasteiger partial charge in [-0.25, -0.2) is 0 Å². The molecule has 0 bridgehead atoms. The monoisotopic (exact) mass is 357 g/mol. The zero-order valence-corrected chi connectivity index (χ0v) is 15.8. The summed E-state index contributed by atoms with van der Waals surface area (Å²) in [6.07, 6.45) is -0.158. The van der Waals surface area contributed by atoms with E-state index >= 15 is 0 Å². The zero-order valence-electron chi connectivity index (χ0n) is 15.0. The van der Waals surface area contributed by atoms with E-state index in [1.807, 2.05) is 32.9 Å². The molecule has 0 aromatic heterocycles. The number of likely N-dealkylation sites (N-methyl/N-ethyl adjacent to an activating group) is 1. The molecule has 24 heavy (non-hydrogen) atoms. The lowest BCUT2D eigenvalue weighted by Gasteiger charge is -2.20. The Kier molecular flexibility index (Phi) is 9.58. The van der Waals surface area contributed by atoms with Crippen LogP contribution in [0.1, 0.15) is 23.1 Å². The molecule has 1 unspecified atom stereocenters. The number of aryl methyl sites for hydroxylation is 3. The number of halogens is 1. The second kappa shape index (κ2) is 10.3. The minimum absolute atomic E-state index is 0. The third kappa shape index (κ3) is 6.47. The Morgan fingerprint density at radius 1 is 1.25 bits per heavy atom. The standard InChI is InChI=1S/C17H27N3O3.ClH/c1-11-6-12(2)17(13(3)7-11)19-15(21)10-20(4)16(22)8-14(9-18)23-5;/h6-7,14H,8-10,18H2,1-5H3,(H,19,21);1H. The van der Waals surface area contributed by atoms with Gasteiger partial charge < -0.3 is 20.7 Å². The van der Waals surface area contributed by atoms with E-state index in [1.54, 1.807) is 7.05 Å². The van der Waals surface area contributed by atoms with Gasteiger partial charge in [-0.1, -0.05) is 17.7 Å². The number of ether oxygens (including phenoxy) is 1. The van der Waals surface area contributed by atoms with E-state index in [9.17, 15) is 9.59 Å². The smallest absolute Gasteiger partial charge is 0.243 e. The van der Waals surface area contributed by atoms with E-state index in [2.05, 4.69) is 5.32 Å². The third-order valence-electron chi connectivity index (χ3n) is 3.75. The van der Waals surface area contributed by atoms with Crippen molar-refractivity contribution in [3.63, 3.8) is 0 Å². The van der Waals surface area contributed by atoms with E-state index in [1.165, 1.54) is 12.0 Å². The molecule has 2 amide bonds. The second-order valence-corrected chi connectivity index (χ2v) is 5.87. The van der Waals surface area contributed by atoms with E-state index in [4.69, 9.17) is 10.5 Å². The molecule has 0 aliphatic rings. The molecule has 0 aliphatic carbocycles. The lowest BCUT2D eigenvalue weighted by molar-refractivity contribution is -0.135. The summed E-state index contributed by atoms with van der Waals surface area (Å²) in [5.74, 6) is -0.396. The van der Waals surface area contributed by atoms with Crippen LogP contribution in [0, 0.1) is 20.8 Å². The van der Waals surface area contributed by atoms with Gasteiger partial charge in [-0.3, -0.25) is 9.59 Å². The Morgan fingerprint density at radius 3 is 2.25 bits per heavy atom. The number of hydrogen-bond acceptors (Lipinski definition) is 4. The van der Waals surface area contributed by atoms with Crippen LogP contribution in [-0.4, -0.2) is 50.1 Å². The molecule has 0 heterocycles. The van der Waals surface area contributed by atoms with Gasteiger partial charge in [-0.2, -0.15) is 0 Å². The Labute approximate surface area is 150 Å². The van der Waals surface area contributed by atoms with Crippen LogP contribution in [0.15, 0.2) is 12.1 Å². The summed E-state index contributed by atoms with van der Waals surface area (Å²) in [4.78, 5) is 25.6. The fourth-order valence-electron chi connectivity index (χ4n) is 2.47. The molecule has 0 radical (unpaired) electrons. The normalized spacial score (nSPS) is 11.4. The van der Waals surface area contributed by atoms with Crippen LogP contribution in [0.5, 0.6) is 0 Å². The van der Waals surface area contributed by atoms with Crippen molar-refractivity contribution in [1.29, 1.82) is 0 Å². The average molecular weight is 358 g/mol. The fraction of sp³-hybridized carbons (Fsp3) is 0.529. The zero-order chi connectivity index (χ0) is 17.6. The summed E-state index contributed by atoms with van der Waals surface area (Å²) >= 11 is 0. The summed E-state index contributed by atoms with van der Waals surface area (Å²) in [6.45, 7) is 6.18. The highest BCUT2D eigenvalue weighted by Crippen LogP contribution is 2.21. The maximum Gasteiger partial charge on any atom is 0.243 e. The first kappa shape index (κ1) is 22.4. The van der Waals surface area contributed by atoms with Crippen LogP contribution in [0.25, 0.3) is 0 Å². The maximum absolute atomic E-state index is 12.2. The Bertz CT molecular complexity index is 551. The van der Waals surface area contributed by atoms with E-state index in [0.717, 1.165) is 22.4 Å². The maximum atomic E-state index is 12.2. The predicted molar refractivity (Wildman–Crippen MR) is 98.6 cm³/mol. The topological polar surface area (TPSA) is 84.7 Å². The van der Waals surface area contributed by atoms with Gasteiger partial charge in [0.15, 0.2) is 0 Å². The summed E-state index contributed by atoms with van der Waals surface area (Å²) in [6, 6.07) is 4.03. The molecule has 1 aromatic rings. The molecule has 3 N–H and O–H groups in total. The van der Waals surface area contributed by atoms with Crippen molar-refractivity contribution in [3.8, 4) is 0 Å². The first-order chi connectivity index (χ1) is 10.8. The van der Waals surface area contributed by atoms with Gasteiger partial charge in [0.05, 0.1) is 19.1 Å². The molecule has 0 saturated carbocycles. The lowest BCUT2D eigenvalue weighted by atomic mass is 10.1. The number of hydrogen-bond donors (Lipinski definition) is 2. The molecule has 6 nitrogen and oxygen atoms in total. The molecular formula is C17H28ClN3O3. The number of amides is 2. The molecule has 1 aromatic carbocycles. The molecule has 0 spiro atoms. The SMILES string of the molecule is COC(CN)CC(=O)N(C)CC(=O)Nc1c(C)cc(C)cc1C.Cl. The molecule has 0 saturated heterocycles. The van der Waals surface area contributed by atoms with Gasteiger partial charge in [0.2, 0.25) is 11.8 Å². The molecule has 136 valence electrons. The molecule has 0 aliphatic heterocycles. The van der Waals surface area contributed by atoms with Crippen LogP contribution in [0.2, 0.25) is 0 Å². The van der Waals surface area contributed by atoms with E-state index in [-0.39, 0.29) is 49.8 Å². The molecule has 0 fully saturated rings. The van der Waals surface area contributed by atoms with Gasteiger partial charge in [0, 0.05) is 26.4 Å². The van der Waals surface area contributed by atoms with Crippen LogP contribution in [0.3, 0.4) is 0 Å². The van der Waals surface area contributed by atoms with E-state index < -0.39 is 0 Å². The molecule has 1 atom stereocenters. The summed E-state index contributed by atoms with van der Waals surface area (Å²) in [5, 5.41) is 2.88. The first-order valence-electron chi connectivity index (χ1n) is 7.63. The van der Waals surface area contributed by atoms with Crippen LogP contribution < -0.4 is 11.1 Å². The van der Waals surface area contributed by atoms with Crippen molar-refractivity contribution in [2.75, 3.05) is 32.6 Å². The third-order valence-corrected chi connectivity index (χ3v) is 3.75. The summed E-state index contributed by atoms with van der Waals surface area (Å²) < 4.78 is 5.09. The lowest BCUT2D eigenvalue weighted by Crippen LogP contribution is -2.38. The summed E-state index contributed by atoms with van der Waals surface area (Å²) in [7, 11) is 3.11. The van der Waals surface area contributed by atoms with Gasteiger partial charge in [-0.05, 0) is 31.9 Å². The Hall–Kier alpha value is -1.63. The number of carbonyl (C=O) groups excluding carboxylic acids is 2. The molecule has 7 heteroatoms. The number of nitrogens with one attached hydrogen (secondary N) is 1. The van der Waals surface area contributed by atoms with Crippen molar-refractivity contribution in [3.05, 3.63) is 28.8 Å². The number of nitrogens with zero attached hydrogens (tertiary/aromatic N) is 1. The molecule has 1 rings (SSSR count). The predicted octanol–water partition coefficient (Wildman–Crippen LogP) is 1.79. The van der Waals surface area contributed by atoms with Gasteiger partial charge in [-0.15, -0.1) is 12.4 Å². The number of benzene rings is 1.